The van der Waals surface area contributed by atoms with Crippen LogP contribution in [-0.4, -0.2) is 30.1 Å². The fourth-order valence-electron chi connectivity index (χ4n) is 4.72. The van der Waals surface area contributed by atoms with E-state index < -0.39 is 0 Å². The third-order valence-corrected chi connectivity index (χ3v) is 6.62. The van der Waals surface area contributed by atoms with Gasteiger partial charge in [-0.25, -0.2) is 0 Å². The molecule has 1 saturated heterocycles. The first kappa shape index (κ1) is 17.3. The van der Waals surface area contributed by atoms with Gasteiger partial charge in [-0.1, -0.05) is 40.5 Å². The number of hydrogen-bond donors (Lipinski definition) is 1. The van der Waals surface area contributed by atoms with Gasteiger partial charge in [-0.3, -0.25) is 4.90 Å². The molecule has 2 heteroatoms. The van der Waals surface area contributed by atoms with Crippen LogP contribution >= 0.6 is 0 Å². The molecule has 2 N–H and O–H groups in total. The minimum absolute atomic E-state index is 0.318. The van der Waals surface area contributed by atoms with Crippen LogP contribution in [0.3, 0.4) is 0 Å². The molecule has 0 spiro atoms. The van der Waals surface area contributed by atoms with Gasteiger partial charge in [-0.05, 0) is 68.9 Å². The summed E-state index contributed by atoms with van der Waals surface area (Å²) in [6, 6.07) is 0. The molecule has 1 saturated carbocycles. The molecule has 0 amide bonds. The lowest BCUT2D eigenvalue weighted by molar-refractivity contribution is 0.0399. The highest BCUT2D eigenvalue weighted by molar-refractivity contribution is 4.97. The van der Waals surface area contributed by atoms with Gasteiger partial charge in [-0.15, -0.1) is 0 Å². The summed E-state index contributed by atoms with van der Waals surface area (Å²) in [6.45, 7) is 13.0. The Labute approximate surface area is 132 Å². The van der Waals surface area contributed by atoms with E-state index in [2.05, 4.69) is 32.6 Å². The van der Waals surface area contributed by atoms with Crippen LogP contribution in [0.4, 0.5) is 0 Å². The Morgan fingerprint density at radius 3 is 2.24 bits per heavy atom. The van der Waals surface area contributed by atoms with Crippen LogP contribution < -0.4 is 5.73 Å². The first-order chi connectivity index (χ1) is 9.91. The summed E-state index contributed by atoms with van der Waals surface area (Å²) in [6.07, 6.45) is 10.9. The molecule has 0 aromatic rings. The fourth-order valence-corrected chi connectivity index (χ4v) is 4.72. The van der Waals surface area contributed by atoms with E-state index in [0.29, 0.717) is 11.0 Å². The lowest BCUT2D eigenvalue weighted by Gasteiger charge is -2.47. The second-order valence-corrected chi connectivity index (χ2v) is 8.76. The molecule has 2 fully saturated rings. The van der Waals surface area contributed by atoms with Crippen LogP contribution in [0.15, 0.2) is 0 Å². The Bertz CT molecular complexity index is 312. The number of likely N-dealkylation sites (tertiary alicyclic amines) is 1. The van der Waals surface area contributed by atoms with E-state index in [1.54, 1.807) is 0 Å². The average molecular weight is 295 g/mol. The van der Waals surface area contributed by atoms with E-state index in [1.165, 1.54) is 64.5 Å². The maximum absolute atomic E-state index is 6.32. The topological polar surface area (TPSA) is 29.3 Å². The first-order valence-electron chi connectivity index (χ1n) is 9.36. The second-order valence-electron chi connectivity index (χ2n) is 8.76. The zero-order valence-corrected chi connectivity index (χ0v) is 15.0. The first-order valence-corrected chi connectivity index (χ1v) is 9.36. The van der Waals surface area contributed by atoms with Crippen molar-refractivity contribution in [2.45, 2.75) is 84.6 Å². The van der Waals surface area contributed by atoms with Crippen molar-refractivity contribution in [1.29, 1.82) is 0 Å². The molecule has 1 aliphatic carbocycles. The van der Waals surface area contributed by atoms with E-state index in [1.807, 2.05) is 0 Å². The van der Waals surface area contributed by atoms with Gasteiger partial charge in [0.2, 0.25) is 0 Å². The van der Waals surface area contributed by atoms with Crippen molar-refractivity contribution in [3.63, 3.8) is 0 Å². The maximum atomic E-state index is 6.32. The number of rotatable bonds is 3. The zero-order chi connectivity index (χ0) is 15.5. The van der Waals surface area contributed by atoms with Crippen molar-refractivity contribution in [2.75, 3.05) is 19.6 Å². The molecule has 2 nitrogen and oxygen atoms in total. The summed E-state index contributed by atoms with van der Waals surface area (Å²) >= 11 is 0. The van der Waals surface area contributed by atoms with Crippen molar-refractivity contribution in [1.82, 2.24) is 4.90 Å². The number of piperidine rings is 1. The molecule has 1 heterocycles. The quantitative estimate of drug-likeness (QED) is 0.780. The van der Waals surface area contributed by atoms with Gasteiger partial charge in [0.25, 0.3) is 0 Å². The third-order valence-electron chi connectivity index (χ3n) is 6.62. The van der Waals surface area contributed by atoms with E-state index in [4.69, 9.17) is 5.73 Å². The minimum atomic E-state index is 0.318. The Hall–Kier alpha value is -0.0800. The number of hydrogen-bond acceptors (Lipinski definition) is 2. The summed E-state index contributed by atoms with van der Waals surface area (Å²) in [5, 5.41) is 0. The van der Waals surface area contributed by atoms with E-state index in [0.717, 1.165) is 18.4 Å². The molecule has 0 aromatic heterocycles. The lowest BCUT2D eigenvalue weighted by atomic mass is 9.76. The molecule has 0 aromatic carbocycles. The summed E-state index contributed by atoms with van der Waals surface area (Å²) < 4.78 is 0. The smallest absolute Gasteiger partial charge is 0.0331 e. The molecular weight excluding hydrogens is 256 g/mol. The van der Waals surface area contributed by atoms with Crippen LogP contribution in [0.2, 0.25) is 0 Å². The predicted molar refractivity (Wildman–Crippen MR) is 92.4 cm³/mol. The summed E-state index contributed by atoms with van der Waals surface area (Å²) in [5.41, 5.74) is 7.09. The third kappa shape index (κ3) is 4.01. The number of nitrogens with zero attached hydrogens (tertiary/aromatic N) is 1. The Morgan fingerprint density at radius 2 is 1.71 bits per heavy atom. The molecule has 2 aliphatic rings. The Kier molecular flexibility index (Phi) is 5.76. The summed E-state index contributed by atoms with van der Waals surface area (Å²) in [7, 11) is 0. The zero-order valence-electron chi connectivity index (χ0n) is 15.0. The summed E-state index contributed by atoms with van der Waals surface area (Å²) in [4.78, 5) is 2.78. The fraction of sp³-hybridized carbons (Fsp3) is 1.00. The van der Waals surface area contributed by atoms with Crippen molar-refractivity contribution in [3.05, 3.63) is 0 Å². The normalized spacial score (nSPS) is 33.9. The predicted octanol–water partition coefficient (Wildman–Crippen LogP) is 4.43. The molecule has 2 unspecified atom stereocenters. The molecule has 0 radical (unpaired) electrons. The standard InChI is InChI=1S/C19H38N2/c1-5-16-9-13-21(14-10-16)19(15-20)11-6-7-17(8-12-19)18(2,3)4/h16-17H,5-15,20H2,1-4H3. The van der Waals surface area contributed by atoms with Crippen LogP contribution in [0.25, 0.3) is 0 Å². The largest absolute Gasteiger partial charge is 0.329 e. The molecule has 0 bridgehead atoms. The minimum Gasteiger partial charge on any atom is -0.329 e. The molecule has 1 aliphatic heterocycles. The Morgan fingerprint density at radius 1 is 1.05 bits per heavy atom. The molecule has 2 atom stereocenters. The highest BCUT2D eigenvalue weighted by atomic mass is 15.2. The van der Waals surface area contributed by atoms with Crippen molar-refractivity contribution >= 4 is 0 Å². The number of nitrogens with two attached hydrogens (primary N) is 1. The van der Waals surface area contributed by atoms with Gasteiger partial charge < -0.3 is 5.73 Å². The van der Waals surface area contributed by atoms with Gasteiger partial charge in [-0.2, -0.15) is 0 Å². The van der Waals surface area contributed by atoms with E-state index in [-0.39, 0.29) is 0 Å². The monoisotopic (exact) mass is 294 g/mol. The van der Waals surface area contributed by atoms with Gasteiger partial charge >= 0.3 is 0 Å². The molecular formula is C19H38N2. The van der Waals surface area contributed by atoms with Gasteiger partial charge in [0.1, 0.15) is 0 Å². The van der Waals surface area contributed by atoms with Crippen LogP contribution in [0.1, 0.15) is 79.1 Å². The van der Waals surface area contributed by atoms with Crippen molar-refractivity contribution in [2.24, 2.45) is 23.0 Å². The van der Waals surface area contributed by atoms with Crippen molar-refractivity contribution < 1.29 is 0 Å². The van der Waals surface area contributed by atoms with Gasteiger partial charge in [0, 0.05) is 12.1 Å². The van der Waals surface area contributed by atoms with Gasteiger partial charge in [0.05, 0.1) is 0 Å². The second kappa shape index (κ2) is 7.00. The summed E-state index contributed by atoms with van der Waals surface area (Å²) in [5.74, 6) is 1.84. The van der Waals surface area contributed by atoms with Crippen molar-refractivity contribution in [3.8, 4) is 0 Å². The molecule has 21 heavy (non-hydrogen) atoms. The maximum Gasteiger partial charge on any atom is 0.0331 e. The van der Waals surface area contributed by atoms with Crippen LogP contribution in [-0.2, 0) is 0 Å². The van der Waals surface area contributed by atoms with Crippen LogP contribution in [0.5, 0.6) is 0 Å². The Balaban J connectivity index is 2.01. The van der Waals surface area contributed by atoms with Crippen LogP contribution in [0, 0.1) is 17.3 Å². The van der Waals surface area contributed by atoms with Gasteiger partial charge in [0.15, 0.2) is 0 Å². The average Bonchev–Trinajstić information content (AvgIpc) is 2.70. The molecule has 2 rings (SSSR count). The SMILES string of the molecule is CCC1CCN(C2(CN)CCCC(C(C)(C)C)CC2)CC1. The van der Waals surface area contributed by atoms with E-state index >= 15 is 0 Å². The lowest BCUT2D eigenvalue weighted by Crippen LogP contribution is -2.56. The van der Waals surface area contributed by atoms with E-state index in [9.17, 15) is 0 Å². The highest BCUT2D eigenvalue weighted by Crippen LogP contribution is 2.42. The molecule has 124 valence electrons. The highest BCUT2D eigenvalue weighted by Gasteiger charge is 2.40.